The molecule has 0 saturated heterocycles. The number of halogens is 2. The minimum atomic E-state index is -0.964. The third kappa shape index (κ3) is 3.24. The Kier molecular flexibility index (Phi) is 3.44. The molecule has 0 aliphatic carbocycles. The van der Waals surface area contributed by atoms with Gasteiger partial charge in [0, 0.05) is 7.11 Å². The van der Waals surface area contributed by atoms with Gasteiger partial charge in [-0.05, 0) is 5.34 Å². The second kappa shape index (κ2) is 4.61. The highest BCUT2D eigenvalue weighted by atomic mass is 19.2. The maximum Gasteiger partial charge on any atom is 0.240 e. The van der Waals surface area contributed by atoms with Crippen LogP contribution in [-0.4, -0.2) is 31.6 Å². The molecule has 0 unspecified atom stereocenters. The molecule has 5 nitrogen and oxygen atoms in total. The Morgan fingerprint density at radius 1 is 1.62 bits per heavy atom. The van der Waals surface area contributed by atoms with Crippen LogP contribution in [0, 0.1) is 0 Å². The van der Waals surface area contributed by atoms with Gasteiger partial charge in [-0.1, -0.05) is 9.58 Å². The molecular weight excluding hydrogens is 184 g/mol. The predicted molar refractivity (Wildman–Crippen MR) is 40.5 cm³/mol. The van der Waals surface area contributed by atoms with Crippen molar-refractivity contribution in [1.82, 2.24) is 10.8 Å². The largest absolute Gasteiger partial charge is 0.475 e. The second-order valence-corrected chi connectivity index (χ2v) is 2.14. The third-order valence-electron chi connectivity index (χ3n) is 1.18. The van der Waals surface area contributed by atoms with Gasteiger partial charge in [-0.15, -0.1) is 0 Å². The van der Waals surface area contributed by atoms with E-state index in [4.69, 9.17) is 4.74 Å². The van der Waals surface area contributed by atoms with Crippen LogP contribution in [0.1, 0.15) is 0 Å². The number of rotatable bonds is 4. The molecule has 74 valence electrons. The zero-order valence-electron chi connectivity index (χ0n) is 6.96. The zero-order chi connectivity index (χ0) is 9.68. The van der Waals surface area contributed by atoms with Crippen molar-refractivity contribution in [3.63, 3.8) is 0 Å². The molecule has 0 radical (unpaired) electrons. The molecule has 0 atom stereocenters. The molecule has 13 heavy (non-hydrogen) atoms. The van der Waals surface area contributed by atoms with Crippen molar-refractivity contribution in [3.05, 3.63) is 12.0 Å². The molecule has 0 saturated carbocycles. The number of ether oxygens (including phenoxy) is 2. The van der Waals surface area contributed by atoms with Crippen LogP contribution < -0.4 is 5.43 Å². The molecule has 1 aliphatic heterocycles. The monoisotopic (exact) mass is 193 g/mol. The molecular formula is C6H9F2N3O2. The van der Waals surface area contributed by atoms with Crippen LogP contribution >= 0.6 is 0 Å². The van der Waals surface area contributed by atoms with E-state index < -0.39 is 5.97 Å². The Morgan fingerprint density at radius 3 is 3.00 bits per heavy atom. The Bertz CT molecular complexity index is 232. The lowest BCUT2D eigenvalue weighted by molar-refractivity contribution is -0.0479. The number of hydrogen-bond donors (Lipinski definition) is 1. The first kappa shape index (κ1) is 9.72. The summed E-state index contributed by atoms with van der Waals surface area (Å²) in [5, 5.41) is 2.51. The lowest BCUT2D eigenvalue weighted by atomic mass is 10.6. The minimum Gasteiger partial charge on any atom is -0.475 e. The molecule has 0 aromatic carbocycles. The van der Waals surface area contributed by atoms with Crippen molar-refractivity contribution in [2.24, 2.45) is 5.10 Å². The van der Waals surface area contributed by atoms with E-state index >= 15 is 0 Å². The number of allylic oxidation sites excluding steroid dienone is 1. The highest BCUT2D eigenvalue weighted by molar-refractivity contribution is 5.87. The van der Waals surface area contributed by atoms with Gasteiger partial charge in [-0.2, -0.15) is 4.39 Å². The van der Waals surface area contributed by atoms with Gasteiger partial charge in [0.1, 0.15) is 6.61 Å². The molecule has 0 aromatic heterocycles. The average Bonchev–Trinajstić information content (AvgIpc) is 2.03. The number of hydrogen-bond acceptors (Lipinski definition) is 5. The van der Waals surface area contributed by atoms with Crippen LogP contribution in [0.5, 0.6) is 0 Å². The number of hydrazone groups is 1. The van der Waals surface area contributed by atoms with Crippen LogP contribution in [-0.2, 0) is 9.47 Å². The van der Waals surface area contributed by atoms with Gasteiger partial charge in [-0.25, -0.2) is 5.43 Å². The van der Waals surface area contributed by atoms with Crippen molar-refractivity contribution in [1.29, 1.82) is 0 Å². The molecule has 1 aliphatic rings. The first-order chi connectivity index (χ1) is 6.22. The Hall–Kier alpha value is -1.37. The van der Waals surface area contributed by atoms with E-state index in [0.29, 0.717) is 6.61 Å². The smallest absolute Gasteiger partial charge is 0.240 e. The van der Waals surface area contributed by atoms with Gasteiger partial charge < -0.3 is 9.47 Å². The van der Waals surface area contributed by atoms with Crippen molar-refractivity contribution in [2.75, 3.05) is 20.3 Å². The van der Waals surface area contributed by atoms with E-state index in [1.807, 2.05) is 5.43 Å². The highest BCUT2D eigenvalue weighted by Crippen LogP contribution is 2.04. The molecule has 0 spiro atoms. The van der Waals surface area contributed by atoms with E-state index in [1.165, 1.54) is 7.11 Å². The molecule has 0 fully saturated rings. The molecule has 0 amide bonds. The first-order valence-electron chi connectivity index (χ1n) is 3.52. The predicted octanol–water partition coefficient (Wildman–Crippen LogP) is 0.479. The third-order valence-corrected chi connectivity index (χ3v) is 1.18. The SMILES string of the molecule is COCCOC1=CC(F)=NN(F)N1. The van der Waals surface area contributed by atoms with Crippen molar-refractivity contribution in [2.45, 2.75) is 0 Å². The van der Waals surface area contributed by atoms with Gasteiger partial charge in [0.25, 0.3) is 0 Å². The fourth-order valence-corrected chi connectivity index (χ4v) is 0.678. The maximum absolute atomic E-state index is 12.4. The fourth-order valence-electron chi connectivity index (χ4n) is 0.678. The molecule has 1 N–H and O–H groups in total. The summed E-state index contributed by atoms with van der Waals surface area (Å²) in [5.41, 5.74) is 2.03. The Morgan fingerprint density at radius 2 is 2.38 bits per heavy atom. The van der Waals surface area contributed by atoms with Crippen LogP contribution in [0.15, 0.2) is 17.1 Å². The summed E-state index contributed by atoms with van der Waals surface area (Å²) < 4.78 is 34.3. The first-order valence-corrected chi connectivity index (χ1v) is 3.52. The summed E-state index contributed by atoms with van der Waals surface area (Å²) in [5.74, 6) is -1.01. The van der Waals surface area contributed by atoms with Gasteiger partial charge in [0.05, 0.1) is 12.7 Å². The average molecular weight is 193 g/mol. The van der Waals surface area contributed by atoms with E-state index in [2.05, 4.69) is 9.84 Å². The molecule has 7 heteroatoms. The lowest BCUT2D eigenvalue weighted by Gasteiger charge is -2.17. The van der Waals surface area contributed by atoms with Gasteiger partial charge in [0.15, 0.2) is 0 Å². The second-order valence-electron chi connectivity index (χ2n) is 2.14. The Labute approximate surface area is 73.5 Å². The summed E-state index contributed by atoms with van der Waals surface area (Å²) >= 11 is 0. The van der Waals surface area contributed by atoms with E-state index in [0.717, 1.165) is 6.08 Å². The summed E-state index contributed by atoms with van der Waals surface area (Å²) in [4.78, 5) is 0. The zero-order valence-corrected chi connectivity index (χ0v) is 6.96. The fraction of sp³-hybridized carbons (Fsp3) is 0.500. The molecule has 0 aromatic rings. The molecule has 1 rings (SSSR count). The maximum atomic E-state index is 12.4. The normalized spacial score (nSPS) is 16.1. The quantitative estimate of drug-likeness (QED) is 0.521. The summed E-state index contributed by atoms with van der Waals surface area (Å²) in [6, 6.07) is 0. The Balaban J connectivity index is 2.37. The number of methoxy groups -OCH3 is 1. The highest BCUT2D eigenvalue weighted by Gasteiger charge is 2.12. The van der Waals surface area contributed by atoms with Crippen LogP contribution in [0.4, 0.5) is 8.87 Å². The van der Waals surface area contributed by atoms with Crippen molar-refractivity contribution >= 4 is 5.97 Å². The van der Waals surface area contributed by atoms with Gasteiger partial charge >= 0.3 is 0 Å². The van der Waals surface area contributed by atoms with Crippen LogP contribution in [0.25, 0.3) is 0 Å². The number of hydrazine groups is 1. The van der Waals surface area contributed by atoms with Gasteiger partial charge in [0.2, 0.25) is 11.8 Å². The number of nitrogens with zero attached hydrogens (tertiary/aromatic N) is 2. The van der Waals surface area contributed by atoms with E-state index in [9.17, 15) is 8.87 Å². The minimum absolute atomic E-state index is 0.0490. The standard InChI is InChI=1S/C6H9F2N3O2/c1-12-2-3-13-6-4-5(7)9-11(8)10-6/h4,10H,2-3H2,1H3. The topological polar surface area (TPSA) is 46.1 Å². The van der Waals surface area contributed by atoms with Crippen molar-refractivity contribution < 1.29 is 18.3 Å². The van der Waals surface area contributed by atoms with Crippen LogP contribution in [0.3, 0.4) is 0 Å². The van der Waals surface area contributed by atoms with Crippen LogP contribution in [0.2, 0.25) is 0 Å². The number of nitrogens with one attached hydrogen (secondary N) is 1. The molecule has 1 heterocycles. The summed E-state index contributed by atoms with van der Waals surface area (Å²) in [6.45, 7) is 0.542. The summed E-state index contributed by atoms with van der Waals surface area (Å²) in [6.07, 6.45) is 0.936. The van der Waals surface area contributed by atoms with Gasteiger partial charge in [-0.3, -0.25) is 0 Å². The molecule has 0 bridgehead atoms. The lowest BCUT2D eigenvalue weighted by Crippen LogP contribution is -2.31. The summed E-state index contributed by atoms with van der Waals surface area (Å²) in [7, 11) is 1.50. The van der Waals surface area contributed by atoms with Crippen molar-refractivity contribution in [3.8, 4) is 0 Å². The van der Waals surface area contributed by atoms with E-state index in [1.54, 1.807) is 0 Å². The van der Waals surface area contributed by atoms with E-state index in [-0.39, 0.29) is 17.8 Å².